The number of allylic oxidation sites excluding steroid dienone is 1. The van der Waals surface area contributed by atoms with Crippen molar-refractivity contribution in [2.75, 3.05) is 33.8 Å². The molecule has 0 unspecified atom stereocenters. The lowest BCUT2D eigenvalue weighted by atomic mass is 9.59. The van der Waals surface area contributed by atoms with Crippen LogP contribution in [0, 0.1) is 11.3 Å². The molecule has 0 spiro atoms. The highest BCUT2D eigenvalue weighted by Crippen LogP contribution is 2.60. The highest BCUT2D eigenvalue weighted by atomic mass is 16.6. The molecule has 0 radical (unpaired) electrons. The first-order chi connectivity index (χ1) is 12.9. The van der Waals surface area contributed by atoms with Crippen molar-refractivity contribution < 1.29 is 9.94 Å². The summed E-state index contributed by atoms with van der Waals surface area (Å²) in [5.41, 5.74) is 3.83. The van der Waals surface area contributed by atoms with Crippen molar-refractivity contribution in [2.45, 2.75) is 50.5 Å². The molecule has 27 heavy (non-hydrogen) atoms. The van der Waals surface area contributed by atoms with Gasteiger partial charge in [-0.1, -0.05) is 49.4 Å². The van der Waals surface area contributed by atoms with E-state index in [4.69, 9.17) is 4.84 Å². The Hall–Kier alpha value is -1.20. The highest BCUT2D eigenvalue weighted by molar-refractivity contribution is 5.24. The normalized spacial score (nSPS) is 33.7. The number of hydrogen-bond donors (Lipinski definition) is 2. The van der Waals surface area contributed by atoms with E-state index in [-0.39, 0.29) is 5.41 Å². The monoisotopic (exact) mass is 372 g/mol. The lowest BCUT2D eigenvalue weighted by Crippen LogP contribution is -2.49. The van der Waals surface area contributed by atoms with Gasteiger partial charge in [0.1, 0.15) is 0 Å². The Bertz CT molecular complexity index is 618. The third kappa shape index (κ3) is 4.62. The minimum atomic E-state index is -0.545. The molecule has 4 atom stereocenters. The predicted molar refractivity (Wildman–Crippen MR) is 110 cm³/mol. The SMILES string of the molecule is CN(C)CCONCC=C[C@H]1CC[C@]2(O)C[C@@H](c3ccccc3)CC[C@]12C. The Morgan fingerprint density at radius 3 is 2.74 bits per heavy atom. The summed E-state index contributed by atoms with van der Waals surface area (Å²) >= 11 is 0. The van der Waals surface area contributed by atoms with E-state index < -0.39 is 5.60 Å². The first-order valence-electron chi connectivity index (χ1n) is 10.4. The number of hydroxylamine groups is 1. The van der Waals surface area contributed by atoms with Crippen molar-refractivity contribution in [3.05, 3.63) is 48.0 Å². The van der Waals surface area contributed by atoms with Crippen LogP contribution in [0.2, 0.25) is 0 Å². The largest absolute Gasteiger partial charge is 0.389 e. The molecule has 2 saturated carbocycles. The average Bonchev–Trinajstić information content (AvgIpc) is 2.92. The topological polar surface area (TPSA) is 44.7 Å². The third-order valence-corrected chi connectivity index (χ3v) is 6.93. The Kier molecular flexibility index (Phi) is 6.74. The maximum Gasteiger partial charge on any atom is 0.0809 e. The van der Waals surface area contributed by atoms with Crippen molar-refractivity contribution in [3.63, 3.8) is 0 Å². The van der Waals surface area contributed by atoms with Crippen LogP contribution >= 0.6 is 0 Å². The molecule has 0 bridgehead atoms. The minimum absolute atomic E-state index is 0.0133. The smallest absolute Gasteiger partial charge is 0.0809 e. The van der Waals surface area contributed by atoms with Crippen LogP contribution < -0.4 is 5.48 Å². The summed E-state index contributed by atoms with van der Waals surface area (Å²) < 4.78 is 0. The molecule has 4 heteroatoms. The first-order valence-corrected chi connectivity index (χ1v) is 10.4. The number of hydrogen-bond acceptors (Lipinski definition) is 4. The fourth-order valence-electron chi connectivity index (χ4n) is 5.04. The molecule has 150 valence electrons. The van der Waals surface area contributed by atoms with Crippen LogP contribution in [0.3, 0.4) is 0 Å². The van der Waals surface area contributed by atoms with E-state index in [1.807, 2.05) is 14.1 Å². The van der Waals surface area contributed by atoms with Crippen molar-refractivity contribution in [2.24, 2.45) is 11.3 Å². The second kappa shape index (κ2) is 8.87. The summed E-state index contributed by atoms with van der Waals surface area (Å²) in [5, 5.41) is 11.5. The molecule has 2 fully saturated rings. The molecule has 1 aromatic rings. The molecule has 2 aliphatic rings. The molecule has 0 aromatic heterocycles. The highest BCUT2D eigenvalue weighted by Gasteiger charge is 2.58. The van der Waals surface area contributed by atoms with Crippen molar-refractivity contribution >= 4 is 0 Å². The molecule has 0 heterocycles. The van der Waals surface area contributed by atoms with Crippen LogP contribution in [-0.2, 0) is 4.84 Å². The number of rotatable bonds is 8. The van der Waals surface area contributed by atoms with Gasteiger partial charge in [0.2, 0.25) is 0 Å². The number of fused-ring (bicyclic) bond motifs is 1. The zero-order chi connectivity index (χ0) is 19.3. The van der Waals surface area contributed by atoms with Crippen molar-refractivity contribution in [1.82, 2.24) is 10.4 Å². The van der Waals surface area contributed by atoms with Crippen LogP contribution in [0.1, 0.15) is 50.5 Å². The zero-order valence-electron chi connectivity index (χ0n) is 17.2. The minimum Gasteiger partial charge on any atom is -0.389 e. The molecular formula is C23H36N2O2. The van der Waals surface area contributed by atoms with Gasteiger partial charge in [0.15, 0.2) is 0 Å². The molecule has 0 amide bonds. The van der Waals surface area contributed by atoms with E-state index in [9.17, 15) is 5.11 Å². The van der Waals surface area contributed by atoms with Gasteiger partial charge < -0.3 is 14.8 Å². The lowest BCUT2D eigenvalue weighted by molar-refractivity contribution is -0.0984. The lowest BCUT2D eigenvalue weighted by Gasteiger charge is -2.49. The Labute approximate surface area is 164 Å². The fraction of sp³-hybridized carbons (Fsp3) is 0.652. The summed E-state index contributed by atoms with van der Waals surface area (Å²) in [6.07, 6.45) is 9.61. The third-order valence-electron chi connectivity index (χ3n) is 6.93. The number of aliphatic hydroxyl groups is 1. The van der Waals surface area contributed by atoms with Gasteiger partial charge in [-0.25, -0.2) is 0 Å². The van der Waals surface area contributed by atoms with E-state index in [1.165, 1.54) is 12.0 Å². The zero-order valence-corrected chi connectivity index (χ0v) is 17.2. The molecule has 2 N–H and O–H groups in total. The Morgan fingerprint density at radius 2 is 2.00 bits per heavy atom. The molecule has 3 rings (SSSR count). The summed E-state index contributed by atoms with van der Waals surface area (Å²) in [5.74, 6) is 0.932. The predicted octanol–water partition coefficient (Wildman–Crippen LogP) is 3.74. The number of benzene rings is 1. The van der Waals surface area contributed by atoms with Crippen LogP contribution in [-0.4, -0.2) is 49.4 Å². The van der Waals surface area contributed by atoms with Crippen LogP contribution in [0.15, 0.2) is 42.5 Å². The van der Waals surface area contributed by atoms with Crippen LogP contribution in [0.5, 0.6) is 0 Å². The van der Waals surface area contributed by atoms with Crippen molar-refractivity contribution in [3.8, 4) is 0 Å². The van der Waals surface area contributed by atoms with Gasteiger partial charge in [-0.3, -0.25) is 0 Å². The van der Waals surface area contributed by atoms with Crippen LogP contribution in [0.4, 0.5) is 0 Å². The van der Waals surface area contributed by atoms with Gasteiger partial charge in [0, 0.05) is 18.5 Å². The van der Waals surface area contributed by atoms with E-state index in [1.54, 1.807) is 0 Å². The summed E-state index contributed by atoms with van der Waals surface area (Å²) in [4.78, 5) is 7.53. The van der Waals surface area contributed by atoms with Gasteiger partial charge >= 0.3 is 0 Å². The number of nitrogens with zero attached hydrogens (tertiary/aromatic N) is 1. The maximum atomic E-state index is 11.5. The maximum absolute atomic E-state index is 11.5. The van der Waals surface area contributed by atoms with E-state index >= 15 is 0 Å². The first kappa shape index (κ1) is 20.5. The second-order valence-electron chi connectivity index (χ2n) is 8.87. The summed E-state index contributed by atoms with van der Waals surface area (Å²) in [6, 6.07) is 10.7. The van der Waals surface area contributed by atoms with Gasteiger partial charge in [0.05, 0.1) is 12.2 Å². The molecular weight excluding hydrogens is 336 g/mol. The van der Waals surface area contributed by atoms with Gasteiger partial charge in [-0.2, -0.15) is 5.48 Å². The number of likely N-dealkylation sites (N-methyl/N-ethyl adjacent to an activating group) is 1. The quantitative estimate of drug-likeness (QED) is 0.414. The summed E-state index contributed by atoms with van der Waals surface area (Å²) in [6.45, 7) is 4.61. The van der Waals surface area contributed by atoms with E-state index in [0.717, 1.165) is 32.2 Å². The van der Waals surface area contributed by atoms with Gasteiger partial charge in [-0.05, 0) is 63.6 Å². The van der Waals surface area contributed by atoms with Crippen molar-refractivity contribution in [1.29, 1.82) is 0 Å². The number of nitrogens with one attached hydrogen (secondary N) is 1. The molecule has 4 nitrogen and oxygen atoms in total. The molecule has 1 aromatic carbocycles. The standard InChI is InChI=1S/C23H36N2O2/c1-22-13-11-20(19-8-5-4-6-9-19)18-23(22,26)14-12-21(22)10-7-15-24-27-17-16-25(2)3/h4-10,20-21,24,26H,11-18H2,1-3H3/t20-,21-,22+,23-/m0/s1. The van der Waals surface area contributed by atoms with Crippen LogP contribution in [0.25, 0.3) is 0 Å². The molecule has 2 aliphatic carbocycles. The summed E-state index contributed by atoms with van der Waals surface area (Å²) in [7, 11) is 4.08. The molecule has 0 aliphatic heterocycles. The average molecular weight is 373 g/mol. The van der Waals surface area contributed by atoms with Gasteiger partial charge in [-0.15, -0.1) is 0 Å². The van der Waals surface area contributed by atoms with E-state index in [0.29, 0.717) is 25.0 Å². The fourth-order valence-corrected chi connectivity index (χ4v) is 5.04. The van der Waals surface area contributed by atoms with E-state index in [2.05, 4.69) is 59.8 Å². The Balaban J connectivity index is 1.53. The molecule has 0 saturated heterocycles. The Morgan fingerprint density at radius 1 is 1.22 bits per heavy atom. The second-order valence-corrected chi connectivity index (χ2v) is 8.87. The van der Waals surface area contributed by atoms with Gasteiger partial charge in [0.25, 0.3) is 0 Å².